The fraction of sp³-hybridized carbons (Fsp3) is 0.917. The van der Waals surface area contributed by atoms with Crippen molar-refractivity contribution >= 4 is 5.91 Å². The molecular formula is C12H25N3O. The topological polar surface area (TPSA) is 49.6 Å². The fourth-order valence-electron chi connectivity index (χ4n) is 2.16. The molecule has 1 saturated heterocycles. The first-order valence-electron chi connectivity index (χ1n) is 6.22. The van der Waals surface area contributed by atoms with E-state index in [4.69, 9.17) is 5.73 Å². The van der Waals surface area contributed by atoms with Crippen molar-refractivity contribution < 1.29 is 4.79 Å². The minimum atomic E-state index is 0.279. The standard InChI is InChI=1S/C12H25N3O/c1-4-10(8-13)7-12(16)15-6-5-11(9-15)14(2)3/h10-11H,4-9,13H2,1-3H3. The molecule has 94 valence electrons. The lowest BCUT2D eigenvalue weighted by Crippen LogP contribution is -2.35. The molecule has 2 N–H and O–H groups in total. The lowest BCUT2D eigenvalue weighted by Gasteiger charge is -2.22. The minimum Gasteiger partial charge on any atom is -0.341 e. The highest BCUT2D eigenvalue weighted by Gasteiger charge is 2.27. The summed E-state index contributed by atoms with van der Waals surface area (Å²) in [6.07, 6.45) is 2.71. The highest BCUT2D eigenvalue weighted by Crippen LogP contribution is 2.16. The third-order valence-electron chi connectivity index (χ3n) is 3.62. The molecule has 0 aromatic carbocycles. The van der Waals surface area contributed by atoms with Gasteiger partial charge < -0.3 is 15.5 Å². The molecule has 0 bridgehead atoms. The number of carbonyl (C=O) groups excluding carboxylic acids is 1. The molecule has 4 heteroatoms. The number of hydrogen-bond donors (Lipinski definition) is 1. The molecular weight excluding hydrogens is 202 g/mol. The summed E-state index contributed by atoms with van der Waals surface area (Å²) in [6.45, 7) is 4.50. The van der Waals surface area contributed by atoms with E-state index in [0.717, 1.165) is 25.9 Å². The Labute approximate surface area is 98.8 Å². The Kier molecular flexibility index (Phi) is 5.22. The highest BCUT2D eigenvalue weighted by atomic mass is 16.2. The van der Waals surface area contributed by atoms with Gasteiger partial charge in [0.25, 0.3) is 0 Å². The molecule has 1 fully saturated rings. The number of likely N-dealkylation sites (N-methyl/N-ethyl adjacent to an activating group) is 1. The van der Waals surface area contributed by atoms with E-state index in [1.165, 1.54) is 0 Å². The second kappa shape index (κ2) is 6.21. The van der Waals surface area contributed by atoms with Crippen LogP contribution in [0.3, 0.4) is 0 Å². The van der Waals surface area contributed by atoms with Gasteiger partial charge in [-0.15, -0.1) is 0 Å². The van der Waals surface area contributed by atoms with E-state index in [9.17, 15) is 4.79 Å². The van der Waals surface area contributed by atoms with Crippen molar-refractivity contribution in [3.05, 3.63) is 0 Å². The van der Waals surface area contributed by atoms with Crippen molar-refractivity contribution in [1.82, 2.24) is 9.80 Å². The first kappa shape index (κ1) is 13.5. The van der Waals surface area contributed by atoms with Crippen LogP contribution in [-0.4, -0.2) is 55.5 Å². The first-order valence-corrected chi connectivity index (χ1v) is 6.22. The van der Waals surface area contributed by atoms with E-state index in [0.29, 0.717) is 24.9 Å². The molecule has 0 aromatic rings. The Balaban J connectivity index is 2.39. The maximum atomic E-state index is 12.0. The second-order valence-electron chi connectivity index (χ2n) is 4.96. The Morgan fingerprint density at radius 2 is 2.25 bits per heavy atom. The molecule has 2 unspecified atom stereocenters. The maximum Gasteiger partial charge on any atom is 0.222 e. The highest BCUT2D eigenvalue weighted by molar-refractivity contribution is 5.76. The van der Waals surface area contributed by atoms with Crippen LogP contribution in [0.25, 0.3) is 0 Å². The molecule has 4 nitrogen and oxygen atoms in total. The fourth-order valence-corrected chi connectivity index (χ4v) is 2.16. The summed E-state index contributed by atoms with van der Waals surface area (Å²) >= 11 is 0. The molecule has 0 saturated carbocycles. The third-order valence-corrected chi connectivity index (χ3v) is 3.62. The molecule has 2 atom stereocenters. The number of carbonyl (C=O) groups is 1. The number of amides is 1. The van der Waals surface area contributed by atoms with Gasteiger partial charge in [-0.1, -0.05) is 13.3 Å². The van der Waals surface area contributed by atoms with E-state index in [1.807, 2.05) is 4.90 Å². The molecule has 1 aliphatic heterocycles. The monoisotopic (exact) mass is 227 g/mol. The molecule has 1 aliphatic rings. The molecule has 0 radical (unpaired) electrons. The lowest BCUT2D eigenvalue weighted by molar-refractivity contribution is -0.131. The van der Waals surface area contributed by atoms with Gasteiger partial charge in [0.15, 0.2) is 0 Å². The molecule has 1 heterocycles. The van der Waals surface area contributed by atoms with Gasteiger partial charge in [-0.25, -0.2) is 0 Å². The summed E-state index contributed by atoms with van der Waals surface area (Å²) in [5.41, 5.74) is 5.63. The SMILES string of the molecule is CCC(CN)CC(=O)N1CCC(N(C)C)C1. The largest absolute Gasteiger partial charge is 0.341 e. The Morgan fingerprint density at radius 3 is 2.69 bits per heavy atom. The first-order chi connectivity index (χ1) is 7.58. The van der Waals surface area contributed by atoms with Crippen LogP contribution in [0.1, 0.15) is 26.2 Å². The van der Waals surface area contributed by atoms with Crippen molar-refractivity contribution in [3.8, 4) is 0 Å². The van der Waals surface area contributed by atoms with E-state index < -0.39 is 0 Å². The maximum absolute atomic E-state index is 12.0. The normalized spacial score (nSPS) is 22.8. The average molecular weight is 227 g/mol. The van der Waals surface area contributed by atoms with Crippen LogP contribution in [0.4, 0.5) is 0 Å². The van der Waals surface area contributed by atoms with Crippen LogP contribution in [0, 0.1) is 5.92 Å². The van der Waals surface area contributed by atoms with E-state index in [-0.39, 0.29) is 5.91 Å². The molecule has 0 spiro atoms. The van der Waals surface area contributed by atoms with Gasteiger partial charge in [0, 0.05) is 25.6 Å². The van der Waals surface area contributed by atoms with Gasteiger partial charge >= 0.3 is 0 Å². The van der Waals surface area contributed by atoms with Crippen LogP contribution >= 0.6 is 0 Å². The molecule has 1 amide bonds. The van der Waals surface area contributed by atoms with Gasteiger partial charge in [-0.05, 0) is 33.0 Å². The van der Waals surface area contributed by atoms with Gasteiger partial charge in [0.2, 0.25) is 5.91 Å². The van der Waals surface area contributed by atoms with E-state index in [1.54, 1.807) is 0 Å². The lowest BCUT2D eigenvalue weighted by atomic mass is 10.0. The van der Waals surface area contributed by atoms with Gasteiger partial charge in [-0.2, -0.15) is 0 Å². The summed E-state index contributed by atoms with van der Waals surface area (Å²) in [5, 5.41) is 0. The predicted octanol–water partition coefficient (Wildman–Crippen LogP) is 0.524. The molecule has 16 heavy (non-hydrogen) atoms. The van der Waals surface area contributed by atoms with Crippen molar-refractivity contribution in [2.45, 2.75) is 32.2 Å². The van der Waals surface area contributed by atoms with E-state index >= 15 is 0 Å². The Bertz CT molecular complexity index is 226. The number of rotatable bonds is 5. The predicted molar refractivity (Wildman–Crippen MR) is 66.1 cm³/mol. The molecule has 0 aromatic heterocycles. The van der Waals surface area contributed by atoms with Gasteiger partial charge in [0.1, 0.15) is 0 Å². The number of likely N-dealkylation sites (tertiary alicyclic amines) is 1. The summed E-state index contributed by atoms with van der Waals surface area (Å²) < 4.78 is 0. The van der Waals surface area contributed by atoms with E-state index in [2.05, 4.69) is 25.9 Å². The zero-order valence-electron chi connectivity index (χ0n) is 10.8. The molecule has 1 rings (SSSR count). The van der Waals surface area contributed by atoms with Crippen LogP contribution in [0.15, 0.2) is 0 Å². The van der Waals surface area contributed by atoms with Crippen molar-refractivity contribution in [2.75, 3.05) is 33.7 Å². The zero-order chi connectivity index (χ0) is 12.1. The minimum absolute atomic E-state index is 0.279. The van der Waals surface area contributed by atoms with Crippen LogP contribution in [0.5, 0.6) is 0 Å². The number of hydrogen-bond acceptors (Lipinski definition) is 3. The zero-order valence-corrected chi connectivity index (χ0v) is 10.8. The van der Waals surface area contributed by atoms with Gasteiger partial charge in [0.05, 0.1) is 0 Å². The number of nitrogens with zero attached hydrogens (tertiary/aromatic N) is 2. The molecule has 0 aliphatic carbocycles. The summed E-state index contributed by atoms with van der Waals surface area (Å²) in [4.78, 5) is 16.2. The summed E-state index contributed by atoms with van der Waals surface area (Å²) in [6, 6.07) is 0.530. The van der Waals surface area contributed by atoms with Gasteiger partial charge in [-0.3, -0.25) is 4.79 Å². The van der Waals surface area contributed by atoms with Crippen molar-refractivity contribution in [2.24, 2.45) is 11.7 Å². The Morgan fingerprint density at radius 1 is 1.56 bits per heavy atom. The smallest absolute Gasteiger partial charge is 0.222 e. The summed E-state index contributed by atoms with van der Waals surface area (Å²) in [7, 11) is 4.15. The van der Waals surface area contributed by atoms with Crippen molar-refractivity contribution in [3.63, 3.8) is 0 Å². The average Bonchev–Trinajstić information content (AvgIpc) is 2.74. The van der Waals surface area contributed by atoms with Crippen LogP contribution in [-0.2, 0) is 4.79 Å². The summed E-state index contributed by atoms with van der Waals surface area (Å²) in [5.74, 6) is 0.632. The van der Waals surface area contributed by atoms with Crippen LogP contribution < -0.4 is 5.73 Å². The third kappa shape index (κ3) is 3.46. The quantitative estimate of drug-likeness (QED) is 0.745. The Hall–Kier alpha value is -0.610. The second-order valence-corrected chi connectivity index (χ2v) is 4.96. The van der Waals surface area contributed by atoms with Crippen molar-refractivity contribution in [1.29, 1.82) is 0 Å². The van der Waals surface area contributed by atoms with Crippen LogP contribution in [0.2, 0.25) is 0 Å². The number of nitrogens with two attached hydrogens (primary N) is 1.